The largest absolute Gasteiger partial charge is 0.416 e. The molecule has 1 amide bonds. The van der Waals surface area contributed by atoms with Crippen molar-refractivity contribution >= 4 is 22.5 Å². The Morgan fingerprint density at radius 3 is 2.35 bits per heavy atom. The van der Waals surface area contributed by atoms with E-state index in [1.165, 1.54) is 4.90 Å². The minimum Gasteiger partial charge on any atom is -0.394 e. The first-order valence-electron chi connectivity index (χ1n) is 14.0. The molecule has 1 saturated heterocycles. The van der Waals surface area contributed by atoms with Gasteiger partial charge >= 0.3 is 12.4 Å². The topological polar surface area (TPSA) is 64.2 Å². The Morgan fingerprint density at radius 1 is 1.05 bits per heavy atom. The first-order valence-corrected chi connectivity index (χ1v) is 14.0. The van der Waals surface area contributed by atoms with Crippen molar-refractivity contribution in [3.63, 3.8) is 0 Å². The SMILES string of the molecule is CCC(CN1CCN(C(=O)c2cc(C(F)(F)F)cc(C(F)(F)F)c2)[C@H](Cc2c[nH]c3ccccc23)C1)=NOCCN(C)C. The number of hydrogen-bond donors (Lipinski definition) is 1. The molecule has 1 aliphatic rings. The first kappa shape index (κ1) is 32.3. The van der Waals surface area contributed by atoms with Gasteiger partial charge in [-0.15, -0.1) is 0 Å². The third-order valence-corrected chi connectivity index (χ3v) is 7.43. The number of rotatable bonds is 10. The molecule has 2 heterocycles. The van der Waals surface area contributed by atoms with Crippen molar-refractivity contribution in [2.24, 2.45) is 5.16 Å². The van der Waals surface area contributed by atoms with Gasteiger partial charge in [-0.2, -0.15) is 26.3 Å². The fraction of sp³-hybridized carbons (Fsp3) is 0.467. The van der Waals surface area contributed by atoms with E-state index >= 15 is 0 Å². The fourth-order valence-corrected chi connectivity index (χ4v) is 5.13. The number of oxime groups is 1. The number of nitrogens with one attached hydrogen (secondary N) is 1. The molecule has 1 N–H and O–H groups in total. The number of carbonyl (C=O) groups excluding carboxylic acids is 1. The predicted octanol–water partition coefficient (Wildman–Crippen LogP) is 5.92. The molecule has 0 spiro atoms. The predicted molar refractivity (Wildman–Crippen MR) is 152 cm³/mol. The molecule has 0 aliphatic carbocycles. The van der Waals surface area contributed by atoms with Crippen LogP contribution < -0.4 is 0 Å². The van der Waals surface area contributed by atoms with E-state index in [1.54, 1.807) is 0 Å². The number of likely N-dealkylation sites (N-methyl/N-ethyl adjacent to an activating group) is 1. The van der Waals surface area contributed by atoms with Crippen molar-refractivity contribution in [2.75, 3.05) is 53.4 Å². The van der Waals surface area contributed by atoms with Crippen LogP contribution in [0.5, 0.6) is 0 Å². The van der Waals surface area contributed by atoms with E-state index in [9.17, 15) is 31.1 Å². The second-order valence-electron chi connectivity index (χ2n) is 10.9. The molecule has 1 atom stereocenters. The molecule has 4 rings (SSSR count). The zero-order chi connectivity index (χ0) is 31.4. The van der Waals surface area contributed by atoms with E-state index in [2.05, 4.69) is 15.0 Å². The highest BCUT2D eigenvalue weighted by Crippen LogP contribution is 2.37. The molecule has 43 heavy (non-hydrogen) atoms. The maximum absolute atomic E-state index is 13.7. The Morgan fingerprint density at radius 2 is 1.72 bits per heavy atom. The molecule has 7 nitrogen and oxygen atoms in total. The minimum absolute atomic E-state index is 0.0321. The Bertz CT molecular complexity index is 1400. The van der Waals surface area contributed by atoms with Gasteiger partial charge in [-0.05, 0) is 56.8 Å². The average Bonchev–Trinajstić information content (AvgIpc) is 3.36. The van der Waals surface area contributed by atoms with Crippen molar-refractivity contribution in [3.8, 4) is 0 Å². The summed E-state index contributed by atoms with van der Waals surface area (Å²) < 4.78 is 81.3. The van der Waals surface area contributed by atoms with Crippen LogP contribution in [0.15, 0.2) is 53.8 Å². The van der Waals surface area contributed by atoms with Crippen molar-refractivity contribution < 1.29 is 36.0 Å². The molecular weight excluding hydrogens is 576 g/mol. The molecule has 1 fully saturated rings. The number of aromatic amines is 1. The molecule has 234 valence electrons. The number of halogens is 6. The van der Waals surface area contributed by atoms with Gasteiger partial charge in [0.1, 0.15) is 6.61 Å². The van der Waals surface area contributed by atoms with Gasteiger partial charge in [-0.25, -0.2) is 0 Å². The molecule has 1 aromatic heterocycles. The van der Waals surface area contributed by atoms with E-state index in [0.29, 0.717) is 57.8 Å². The van der Waals surface area contributed by atoms with E-state index < -0.39 is 41.0 Å². The van der Waals surface area contributed by atoms with Gasteiger partial charge in [0.05, 0.1) is 16.8 Å². The van der Waals surface area contributed by atoms with Crippen LogP contribution in [-0.4, -0.2) is 90.8 Å². The van der Waals surface area contributed by atoms with Crippen LogP contribution in [0, 0.1) is 0 Å². The zero-order valence-electron chi connectivity index (χ0n) is 24.2. The van der Waals surface area contributed by atoms with E-state index in [4.69, 9.17) is 4.84 Å². The van der Waals surface area contributed by atoms with Crippen LogP contribution in [0.1, 0.15) is 40.4 Å². The van der Waals surface area contributed by atoms with Gasteiger partial charge in [-0.3, -0.25) is 9.69 Å². The molecule has 0 saturated carbocycles. The lowest BCUT2D eigenvalue weighted by Crippen LogP contribution is -2.56. The number of aromatic nitrogens is 1. The number of alkyl halides is 6. The molecule has 0 radical (unpaired) electrons. The quantitative estimate of drug-likeness (QED) is 0.134. The number of H-pyrrole nitrogens is 1. The number of hydrogen-bond acceptors (Lipinski definition) is 5. The standard InChI is InChI=1S/C30H35F6N5O2/c1-4-24(38-43-12-11-39(2)3)18-40-9-10-41(25(19-40)15-21-17-37-27-8-6-5-7-26(21)27)28(42)20-13-22(29(31,32)33)16-23(14-20)30(34,35)36/h5-8,13-14,16-17,25,37H,4,9-12,15,18-19H2,1-3H3/t25-/m1/s1. The van der Waals surface area contributed by atoms with Crippen LogP contribution in [0.4, 0.5) is 26.3 Å². The summed E-state index contributed by atoms with van der Waals surface area (Å²) in [5, 5.41) is 5.19. The highest BCUT2D eigenvalue weighted by molar-refractivity contribution is 5.95. The molecule has 3 aromatic rings. The van der Waals surface area contributed by atoms with Gasteiger partial charge < -0.3 is 19.6 Å². The Kier molecular flexibility index (Phi) is 10.1. The number of fused-ring (bicyclic) bond motifs is 1. The molecule has 2 aromatic carbocycles. The van der Waals surface area contributed by atoms with Crippen molar-refractivity contribution in [1.29, 1.82) is 0 Å². The van der Waals surface area contributed by atoms with Gasteiger partial charge in [0, 0.05) is 61.4 Å². The molecule has 0 bridgehead atoms. The van der Waals surface area contributed by atoms with Crippen LogP contribution in [0.2, 0.25) is 0 Å². The van der Waals surface area contributed by atoms with Crippen LogP contribution in [0.25, 0.3) is 10.9 Å². The van der Waals surface area contributed by atoms with E-state index in [-0.39, 0.29) is 12.6 Å². The average molecular weight is 612 g/mol. The summed E-state index contributed by atoms with van der Waals surface area (Å²) in [7, 11) is 3.84. The van der Waals surface area contributed by atoms with Gasteiger partial charge in [0.25, 0.3) is 5.91 Å². The van der Waals surface area contributed by atoms with Crippen LogP contribution >= 0.6 is 0 Å². The number of piperazine rings is 1. The molecular formula is C30H35F6N5O2. The Balaban J connectivity index is 1.63. The van der Waals surface area contributed by atoms with Gasteiger partial charge in [-0.1, -0.05) is 30.3 Å². The third-order valence-electron chi connectivity index (χ3n) is 7.43. The van der Waals surface area contributed by atoms with Gasteiger partial charge in [0.2, 0.25) is 0 Å². The number of carbonyl (C=O) groups is 1. The highest BCUT2D eigenvalue weighted by Gasteiger charge is 2.39. The third kappa shape index (κ3) is 8.29. The van der Waals surface area contributed by atoms with E-state index in [0.717, 1.165) is 22.2 Å². The summed E-state index contributed by atoms with van der Waals surface area (Å²) in [5.74, 6) is -0.877. The minimum atomic E-state index is -5.05. The van der Waals surface area contributed by atoms with E-state index in [1.807, 2.05) is 56.4 Å². The van der Waals surface area contributed by atoms with Crippen molar-refractivity contribution in [3.05, 3.63) is 70.9 Å². The maximum atomic E-state index is 13.7. The van der Waals surface area contributed by atoms with Gasteiger partial charge in [0.15, 0.2) is 0 Å². The summed E-state index contributed by atoms with van der Waals surface area (Å²) in [4.78, 5) is 27.8. The summed E-state index contributed by atoms with van der Waals surface area (Å²) in [5.41, 5.74) is -1.13. The summed E-state index contributed by atoms with van der Waals surface area (Å²) >= 11 is 0. The van der Waals surface area contributed by atoms with Crippen molar-refractivity contribution in [1.82, 2.24) is 19.7 Å². The maximum Gasteiger partial charge on any atom is 0.416 e. The number of benzene rings is 2. The number of para-hydroxylation sites is 1. The lowest BCUT2D eigenvalue weighted by Gasteiger charge is -2.42. The summed E-state index contributed by atoms with van der Waals surface area (Å²) in [6.07, 6.45) is -7.32. The Labute approximate surface area is 246 Å². The number of nitrogens with zero attached hydrogens (tertiary/aromatic N) is 4. The second kappa shape index (κ2) is 13.4. The first-order chi connectivity index (χ1) is 20.3. The lowest BCUT2D eigenvalue weighted by atomic mass is 9.98. The fourth-order valence-electron chi connectivity index (χ4n) is 5.13. The summed E-state index contributed by atoms with van der Waals surface area (Å²) in [6, 6.07) is 8.07. The lowest BCUT2D eigenvalue weighted by molar-refractivity contribution is -0.143. The second-order valence-corrected chi connectivity index (χ2v) is 10.9. The molecule has 13 heteroatoms. The molecule has 1 aliphatic heterocycles. The summed E-state index contributed by atoms with van der Waals surface area (Å²) in [6.45, 7) is 4.32. The van der Waals surface area contributed by atoms with Crippen LogP contribution in [0.3, 0.4) is 0 Å². The van der Waals surface area contributed by atoms with Crippen molar-refractivity contribution in [2.45, 2.75) is 38.2 Å². The normalized spacial score (nSPS) is 17.2. The number of amides is 1. The Hall–Kier alpha value is -3.58. The zero-order valence-corrected chi connectivity index (χ0v) is 24.2. The molecule has 0 unspecified atom stereocenters. The van der Waals surface area contributed by atoms with Crippen LogP contribution in [-0.2, 0) is 23.6 Å². The monoisotopic (exact) mass is 611 g/mol. The smallest absolute Gasteiger partial charge is 0.394 e. The highest BCUT2D eigenvalue weighted by atomic mass is 19.4.